The molecule has 0 spiro atoms. The third kappa shape index (κ3) is 4.71. The number of pyridine rings is 1. The van der Waals surface area contributed by atoms with Crippen LogP contribution in [0.15, 0.2) is 35.2 Å². The van der Waals surface area contributed by atoms with Crippen molar-refractivity contribution in [1.82, 2.24) is 25.0 Å². The number of nitrogens with zero attached hydrogens (tertiary/aromatic N) is 5. The number of hydrogen-bond donors (Lipinski definition) is 0. The Kier molecular flexibility index (Phi) is 5.68. The van der Waals surface area contributed by atoms with Gasteiger partial charge in [-0.25, -0.2) is 18.4 Å². The van der Waals surface area contributed by atoms with Crippen molar-refractivity contribution in [2.75, 3.05) is 24.6 Å². The smallest absolute Gasteiger partial charge is 0.274 e. The summed E-state index contributed by atoms with van der Waals surface area (Å²) in [6.45, 7) is 4.17. The van der Waals surface area contributed by atoms with Crippen LogP contribution in [0.1, 0.15) is 27.5 Å². The molecule has 0 aromatic carbocycles. The Labute approximate surface area is 179 Å². The van der Waals surface area contributed by atoms with Crippen LogP contribution in [0.4, 0.5) is 0 Å². The first-order chi connectivity index (χ1) is 14.8. The van der Waals surface area contributed by atoms with Crippen molar-refractivity contribution in [2.45, 2.75) is 20.5 Å². The Morgan fingerprint density at radius 1 is 1.10 bits per heavy atom. The van der Waals surface area contributed by atoms with Crippen molar-refractivity contribution >= 4 is 15.7 Å². The maximum Gasteiger partial charge on any atom is 0.274 e. The highest BCUT2D eigenvalue weighted by molar-refractivity contribution is 7.91. The molecule has 10 nitrogen and oxygen atoms in total. The standard InChI is InChI=1S/C20H21N5O5S/c1-13-3-4-15(9-21-13)19-16(14(2)30-24-19)12-29-18-11-22-17(10-23-18)20(26)25-5-7-31(27,28)8-6-25/h3-4,9-11H,5-8,12H2,1-2H3. The maximum atomic E-state index is 12.5. The molecule has 0 radical (unpaired) electrons. The molecule has 0 unspecified atom stereocenters. The van der Waals surface area contributed by atoms with Crippen LogP contribution in [0.5, 0.6) is 5.88 Å². The summed E-state index contributed by atoms with van der Waals surface area (Å²) in [4.78, 5) is 26.5. The van der Waals surface area contributed by atoms with Crippen molar-refractivity contribution in [3.63, 3.8) is 0 Å². The summed E-state index contributed by atoms with van der Waals surface area (Å²) < 4.78 is 34.1. The number of carbonyl (C=O) groups is 1. The fourth-order valence-corrected chi connectivity index (χ4v) is 4.32. The van der Waals surface area contributed by atoms with E-state index in [4.69, 9.17) is 9.26 Å². The topological polar surface area (TPSA) is 128 Å². The molecule has 1 aliphatic heterocycles. The van der Waals surface area contributed by atoms with E-state index in [0.717, 1.165) is 16.8 Å². The molecular formula is C20H21N5O5S. The highest BCUT2D eigenvalue weighted by Crippen LogP contribution is 2.26. The summed E-state index contributed by atoms with van der Waals surface area (Å²) in [6, 6.07) is 3.80. The molecule has 4 heterocycles. The fourth-order valence-electron chi connectivity index (χ4n) is 3.12. The zero-order chi connectivity index (χ0) is 22.0. The van der Waals surface area contributed by atoms with E-state index in [1.807, 2.05) is 19.1 Å². The van der Waals surface area contributed by atoms with Gasteiger partial charge < -0.3 is 14.2 Å². The molecule has 4 rings (SSSR count). The van der Waals surface area contributed by atoms with Gasteiger partial charge in [0.05, 0.1) is 29.5 Å². The van der Waals surface area contributed by atoms with Gasteiger partial charge in [-0.1, -0.05) is 5.16 Å². The molecule has 3 aromatic rings. The minimum absolute atomic E-state index is 0.0374. The first kappa shape index (κ1) is 20.9. The molecule has 1 fully saturated rings. The second-order valence-corrected chi connectivity index (χ2v) is 9.53. The van der Waals surface area contributed by atoms with Gasteiger partial charge in [0.2, 0.25) is 5.88 Å². The molecule has 11 heteroatoms. The molecule has 1 amide bonds. The van der Waals surface area contributed by atoms with E-state index in [2.05, 4.69) is 20.1 Å². The number of carbonyl (C=O) groups excluding carboxylic acids is 1. The van der Waals surface area contributed by atoms with Crippen LogP contribution in [-0.2, 0) is 16.4 Å². The Hall–Kier alpha value is -3.34. The van der Waals surface area contributed by atoms with Crippen LogP contribution in [0, 0.1) is 13.8 Å². The third-order valence-electron chi connectivity index (χ3n) is 5.01. The Morgan fingerprint density at radius 2 is 1.87 bits per heavy atom. The van der Waals surface area contributed by atoms with Crippen molar-refractivity contribution < 1.29 is 22.5 Å². The number of ether oxygens (including phenoxy) is 1. The minimum atomic E-state index is -3.06. The van der Waals surface area contributed by atoms with Gasteiger partial charge >= 0.3 is 0 Å². The highest BCUT2D eigenvalue weighted by Gasteiger charge is 2.26. The Bertz CT molecular complexity index is 1180. The van der Waals surface area contributed by atoms with E-state index in [1.165, 1.54) is 17.3 Å². The van der Waals surface area contributed by atoms with Crippen LogP contribution in [0.2, 0.25) is 0 Å². The molecule has 31 heavy (non-hydrogen) atoms. The number of aromatic nitrogens is 4. The Morgan fingerprint density at radius 3 is 2.52 bits per heavy atom. The SMILES string of the molecule is Cc1ccc(-c2noc(C)c2COc2cnc(C(=O)N3CCS(=O)(=O)CC3)cn2)cn1. The summed E-state index contributed by atoms with van der Waals surface area (Å²) in [5, 5.41) is 4.10. The van der Waals surface area contributed by atoms with Crippen molar-refractivity contribution in [2.24, 2.45) is 0 Å². The monoisotopic (exact) mass is 443 g/mol. The largest absolute Gasteiger partial charge is 0.471 e. The lowest BCUT2D eigenvalue weighted by atomic mass is 10.1. The van der Waals surface area contributed by atoms with Gasteiger partial charge in [0, 0.05) is 30.5 Å². The van der Waals surface area contributed by atoms with Crippen LogP contribution in [-0.4, -0.2) is 63.9 Å². The average Bonchev–Trinajstić information content (AvgIpc) is 3.13. The van der Waals surface area contributed by atoms with Gasteiger partial charge in [0.1, 0.15) is 23.8 Å². The summed E-state index contributed by atoms with van der Waals surface area (Å²) in [5.74, 6) is 0.439. The van der Waals surface area contributed by atoms with Crippen LogP contribution < -0.4 is 4.74 Å². The van der Waals surface area contributed by atoms with E-state index in [9.17, 15) is 13.2 Å². The predicted octanol–water partition coefficient (Wildman–Crippen LogP) is 1.59. The van der Waals surface area contributed by atoms with E-state index in [1.54, 1.807) is 13.1 Å². The van der Waals surface area contributed by atoms with Crippen LogP contribution in [0.3, 0.4) is 0 Å². The lowest BCUT2D eigenvalue weighted by molar-refractivity contribution is 0.0763. The Balaban J connectivity index is 1.42. The van der Waals surface area contributed by atoms with Gasteiger partial charge in [-0.2, -0.15) is 0 Å². The first-order valence-electron chi connectivity index (χ1n) is 9.65. The summed E-state index contributed by atoms with van der Waals surface area (Å²) in [7, 11) is -3.06. The lowest BCUT2D eigenvalue weighted by Crippen LogP contribution is -2.44. The fraction of sp³-hybridized carbons (Fsp3) is 0.350. The second-order valence-electron chi connectivity index (χ2n) is 7.23. The van der Waals surface area contributed by atoms with Crippen molar-refractivity contribution in [3.05, 3.63) is 53.4 Å². The number of sulfone groups is 1. The minimum Gasteiger partial charge on any atom is -0.471 e. The quantitative estimate of drug-likeness (QED) is 0.577. The summed E-state index contributed by atoms with van der Waals surface area (Å²) in [6.07, 6.45) is 4.41. The van der Waals surface area contributed by atoms with Gasteiger partial charge in [0.25, 0.3) is 5.91 Å². The van der Waals surface area contributed by atoms with E-state index in [0.29, 0.717) is 11.5 Å². The maximum absolute atomic E-state index is 12.5. The van der Waals surface area contributed by atoms with Crippen LogP contribution >= 0.6 is 0 Å². The van der Waals surface area contributed by atoms with E-state index in [-0.39, 0.29) is 48.7 Å². The lowest BCUT2D eigenvalue weighted by Gasteiger charge is -2.26. The molecule has 0 saturated carbocycles. The van der Waals surface area contributed by atoms with E-state index >= 15 is 0 Å². The normalized spacial score (nSPS) is 15.6. The molecule has 1 aliphatic rings. The molecular weight excluding hydrogens is 422 g/mol. The average molecular weight is 443 g/mol. The number of aryl methyl sites for hydroxylation is 2. The van der Waals surface area contributed by atoms with Gasteiger partial charge in [-0.3, -0.25) is 9.78 Å². The first-order valence-corrected chi connectivity index (χ1v) is 11.5. The van der Waals surface area contributed by atoms with Gasteiger partial charge in [0.15, 0.2) is 9.84 Å². The molecule has 1 saturated heterocycles. The zero-order valence-electron chi connectivity index (χ0n) is 17.1. The van der Waals surface area contributed by atoms with Crippen molar-refractivity contribution in [3.8, 4) is 17.1 Å². The predicted molar refractivity (Wildman–Crippen MR) is 110 cm³/mol. The molecule has 0 atom stereocenters. The highest BCUT2D eigenvalue weighted by atomic mass is 32.2. The third-order valence-corrected chi connectivity index (χ3v) is 6.62. The number of hydrogen-bond acceptors (Lipinski definition) is 9. The zero-order valence-corrected chi connectivity index (χ0v) is 17.9. The van der Waals surface area contributed by atoms with Gasteiger partial charge in [-0.15, -0.1) is 0 Å². The molecule has 0 aliphatic carbocycles. The summed E-state index contributed by atoms with van der Waals surface area (Å²) in [5.41, 5.74) is 3.26. The molecule has 3 aromatic heterocycles. The van der Waals surface area contributed by atoms with Crippen molar-refractivity contribution in [1.29, 1.82) is 0 Å². The molecule has 0 bridgehead atoms. The number of rotatable bonds is 5. The number of amides is 1. The van der Waals surface area contributed by atoms with E-state index < -0.39 is 9.84 Å². The molecule has 162 valence electrons. The molecule has 0 N–H and O–H groups in total. The second kappa shape index (κ2) is 8.42. The summed E-state index contributed by atoms with van der Waals surface area (Å²) >= 11 is 0. The van der Waals surface area contributed by atoms with Gasteiger partial charge in [-0.05, 0) is 26.0 Å². The van der Waals surface area contributed by atoms with Crippen LogP contribution in [0.25, 0.3) is 11.3 Å².